The van der Waals surface area contributed by atoms with Gasteiger partial charge in [0.25, 0.3) is 0 Å². The van der Waals surface area contributed by atoms with Crippen LogP contribution in [0.4, 0.5) is 0 Å². The van der Waals surface area contributed by atoms with Crippen LogP contribution in [0.5, 0.6) is 0 Å². The normalized spacial score (nSPS) is 17.2. The minimum Gasteiger partial charge on any atom is -0.342 e. The lowest BCUT2D eigenvalue weighted by Gasteiger charge is -2.35. The Balaban J connectivity index is 1.67. The van der Waals surface area contributed by atoms with Gasteiger partial charge in [0.15, 0.2) is 9.84 Å². The van der Waals surface area contributed by atoms with E-state index in [1.165, 1.54) is 0 Å². The Morgan fingerprint density at radius 2 is 1.84 bits per heavy atom. The van der Waals surface area contributed by atoms with E-state index in [9.17, 15) is 13.2 Å². The van der Waals surface area contributed by atoms with E-state index in [1.54, 1.807) is 17.2 Å². The first-order valence-corrected chi connectivity index (χ1v) is 12.8. The lowest BCUT2D eigenvalue weighted by Crippen LogP contribution is -2.45. The highest BCUT2D eigenvalue weighted by molar-refractivity contribution is 7.92. The fraction of sp³-hybridized carbons (Fsp3) is 0.375. The molecule has 1 saturated heterocycles. The van der Waals surface area contributed by atoms with Gasteiger partial charge in [-0.25, -0.2) is 8.42 Å². The number of fused-ring (bicyclic) bond motifs is 1. The standard InChI is InChI=1S/C24H27ClN2O3S/c1-2-19-10-7-8-14-27(19)24(28)17-31(29,30)23-16-26(22-13-6-4-11-20(22)23)15-18-9-3-5-12-21(18)25/h3-6,9,11-13,16,19H,2,7-8,10,14-15,17H2,1H3. The largest absolute Gasteiger partial charge is 0.342 e. The number of rotatable bonds is 6. The van der Waals surface area contributed by atoms with Gasteiger partial charge in [-0.3, -0.25) is 4.79 Å². The minimum atomic E-state index is -3.79. The first-order valence-electron chi connectivity index (χ1n) is 10.7. The molecule has 0 spiro atoms. The second kappa shape index (κ2) is 9.05. The van der Waals surface area contributed by atoms with Gasteiger partial charge in [-0.2, -0.15) is 0 Å². The molecule has 1 aliphatic heterocycles. The van der Waals surface area contributed by atoms with Crippen molar-refractivity contribution in [2.45, 2.75) is 50.1 Å². The number of likely N-dealkylation sites (tertiary alicyclic amines) is 1. The zero-order valence-corrected chi connectivity index (χ0v) is 19.2. The Morgan fingerprint density at radius 3 is 2.61 bits per heavy atom. The number of piperidine rings is 1. The summed E-state index contributed by atoms with van der Waals surface area (Å²) in [5.74, 6) is -0.793. The van der Waals surface area contributed by atoms with E-state index in [2.05, 4.69) is 0 Å². The number of carbonyl (C=O) groups is 1. The van der Waals surface area contributed by atoms with Crippen LogP contribution in [-0.2, 0) is 21.2 Å². The highest BCUT2D eigenvalue weighted by Crippen LogP contribution is 2.29. The number of aromatic nitrogens is 1. The summed E-state index contributed by atoms with van der Waals surface area (Å²) < 4.78 is 28.6. The van der Waals surface area contributed by atoms with E-state index in [0.29, 0.717) is 23.5 Å². The average Bonchev–Trinajstić information content (AvgIpc) is 3.14. The molecule has 4 rings (SSSR count). The van der Waals surface area contributed by atoms with Crippen molar-refractivity contribution in [3.63, 3.8) is 0 Å². The summed E-state index contributed by atoms with van der Waals surface area (Å²) >= 11 is 6.32. The van der Waals surface area contributed by atoms with Gasteiger partial charge in [-0.15, -0.1) is 0 Å². The maximum absolute atomic E-state index is 13.3. The number of para-hydroxylation sites is 1. The zero-order valence-electron chi connectivity index (χ0n) is 17.6. The van der Waals surface area contributed by atoms with Crippen molar-refractivity contribution in [2.24, 2.45) is 0 Å². The molecule has 1 aromatic heterocycles. The summed E-state index contributed by atoms with van der Waals surface area (Å²) in [6, 6.07) is 15.1. The molecular weight excluding hydrogens is 432 g/mol. The molecule has 2 aromatic carbocycles. The smallest absolute Gasteiger partial charge is 0.238 e. The highest BCUT2D eigenvalue weighted by atomic mass is 35.5. The van der Waals surface area contributed by atoms with Crippen LogP contribution in [0.25, 0.3) is 10.9 Å². The zero-order chi connectivity index (χ0) is 22.0. The summed E-state index contributed by atoms with van der Waals surface area (Å²) in [4.78, 5) is 14.9. The third-order valence-corrected chi connectivity index (χ3v) is 8.11. The number of hydrogen-bond donors (Lipinski definition) is 0. The first-order chi connectivity index (χ1) is 14.9. The highest BCUT2D eigenvalue weighted by Gasteiger charge is 2.31. The third-order valence-electron chi connectivity index (χ3n) is 6.12. The van der Waals surface area contributed by atoms with Crippen LogP contribution < -0.4 is 0 Å². The molecule has 5 nitrogen and oxygen atoms in total. The van der Waals surface area contributed by atoms with Gasteiger partial charge in [0.05, 0.1) is 4.90 Å². The summed E-state index contributed by atoms with van der Waals surface area (Å²) in [5, 5.41) is 1.27. The number of hydrogen-bond acceptors (Lipinski definition) is 3. The minimum absolute atomic E-state index is 0.137. The van der Waals surface area contributed by atoms with Crippen LogP contribution in [0.1, 0.15) is 38.2 Å². The maximum atomic E-state index is 13.3. The Labute approximate surface area is 188 Å². The summed E-state index contributed by atoms with van der Waals surface area (Å²) in [6.07, 6.45) is 5.45. The summed E-state index contributed by atoms with van der Waals surface area (Å²) in [7, 11) is -3.79. The topological polar surface area (TPSA) is 59.4 Å². The van der Waals surface area contributed by atoms with Crippen LogP contribution >= 0.6 is 11.6 Å². The second-order valence-corrected chi connectivity index (χ2v) is 10.5. The Kier molecular flexibility index (Phi) is 6.39. The predicted molar refractivity (Wildman–Crippen MR) is 124 cm³/mol. The SMILES string of the molecule is CCC1CCCCN1C(=O)CS(=O)(=O)c1cn(Cc2ccccc2Cl)c2ccccc12. The van der Waals surface area contributed by atoms with Crippen LogP contribution in [-0.4, -0.2) is 42.1 Å². The van der Waals surface area contributed by atoms with Gasteiger partial charge in [0.2, 0.25) is 5.91 Å². The van der Waals surface area contributed by atoms with Gasteiger partial charge >= 0.3 is 0 Å². The van der Waals surface area contributed by atoms with Gasteiger partial charge in [0.1, 0.15) is 5.75 Å². The Hall–Kier alpha value is -2.31. The third kappa shape index (κ3) is 4.51. The van der Waals surface area contributed by atoms with Gasteiger partial charge in [-0.05, 0) is 43.4 Å². The molecule has 1 aliphatic rings. The lowest BCUT2D eigenvalue weighted by molar-refractivity contribution is -0.132. The van der Waals surface area contributed by atoms with E-state index in [4.69, 9.17) is 11.6 Å². The lowest BCUT2D eigenvalue weighted by atomic mass is 10.0. The van der Waals surface area contributed by atoms with Crippen molar-refractivity contribution in [2.75, 3.05) is 12.3 Å². The average molecular weight is 459 g/mol. The monoisotopic (exact) mass is 458 g/mol. The van der Waals surface area contributed by atoms with Gasteiger partial charge in [-0.1, -0.05) is 54.9 Å². The number of sulfone groups is 1. The fourth-order valence-corrected chi connectivity index (χ4v) is 6.12. The maximum Gasteiger partial charge on any atom is 0.238 e. The van der Waals surface area contributed by atoms with E-state index < -0.39 is 15.6 Å². The molecule has 164 valence electrons. The number of benzene rings is 2. The molecule has 1 fully saturated rings. The van der Waals surface area contributed by atoms with Crippen molar-refractivity contribution in [3.05, 3.63) is 65.3 Å². The molecule has 1 atom stereocenters. The predicted octanol–water partition coefficient (Wildman–Crippen LogP) is 4.91. The summed E-state index contributed by atoms with van der Waals surface area (Å²) in [5.41, 5.74) is 1.71. The Morgan fingerprint density at radius 1 is 1.10 bits per heavy atom. The molecule has 0 bridgehead atoms. The van der Waals surface area contributed by atoms with Crippen LogP contribution in [0.15, 0.2) is 59.6 Å². The molecule has 2 heterocycles. The quantitative estimate of drug-likeness (QED) is 0.527. The van der Waals surface area contributed by atoms with E-state index in [0.717, 1.165) is 36.8 Å². The van der Waals surface area contributed by atoms with Crippen LogP contribution in [0.2, 0.25) is 5.02 Å². The van der Waals surface area contributed by atoms with Crippen LogP contribution in [0.3, 0.4) is 0 Å². The molecule has 1 amide bonds. The van der Waals surface area contributed by atoms with Gasteiger partial charge in [0, 0.05) is 41.3 Å². The number of amides is 1. The van der Waals surface area contributed by atoms with E-state index in [-0.39, 0.29) is 16.8 Å². The molecule has 31 heavy (non-hydrogen) atoms. The molecule has 0 N–H and O–H groups in total. The van der Waals surface area contributed by atoms with Gasteiger partial charge < -0.3 is 9.47 Å². The van der Waals surface area contributed by atoms with Crippen molar-refractivity contribution in [1.29, 1.82) is 0 Å². The molecule has 0 aliphatic carbocycles. The molecule has 7 heteroatoms. The number of carbonyl (C=O) groups excluding carboxylic acids is 1. The Bertz CT molecular complexity index is 1200. The van der Waals surface area contributed by atoms with E-state index >= 15 is 0 Å². The van der Waals surface area contributed by atoms with Crippen molar-refractivity contribution < 1.29 is 13.2 Å². The second-order valence-electron chi connectivity index (χ2n) is 8.13. The molecule has 1 unspecified atom stereocenters. The molecule has 0 saturated carbocycles. The summed E-state index contributed by atoms with van der Waals surface area (Å²) in [6.45, 7) is 3.14. The fourth-order valence-electron chi connectivity index (χ4n) is 4.48. The number of halogens is 1. The van der Waals surface area contributed by atoms with Crippen molar-refractivity contribution in [3.8, 4) is 0 Å². The number of nitrogens with zero attached hydrogens (tertiary/aromatic N) is 2. The van der Waals surface area contributed by atoms with Crippen molar-refractivity contribution in [1.82, 2.24) is 9.47 Å². The van der Waals surface area contributed by atoms with Crippen molar-refractivity contribution >= 4 is 38.2 Å². The molecular formula is C24H27ClN2O3S. The molecule has 3 aromatic rings. The molecule has 0 radical (unpaired) electrons. The first kappa shape index (κ1) is 21.9. The van der Waals surface area contributed by atoms with Crippen LogP contribution in [0, 0.1) is 0 Å². The van der Waals surface area contributed by atoms with E-state index in [1.807, 2.05) is 54.0 Å².